The van der Waals surface area contributed by atoms with Crippen LogP contribution in [0.2, 0.25) is 0 Å². The average Bonchev–Trinajstić information content (AvgIpc) is 3.02. The second-order valence-corrected chi connectivity index (χ2v) is 6.84. The minimum absolute atomic E-state index is 0.310. The van der Waals surface area contributed by atoms with Crippen LogP contribution in [0.5, 0.6) is 0 Å². The monoisotopic (exact) mass is 325 g/mol. The normalized spacial score (nSPS) is 18.3. The zero-order valence-corrected chi connectivity index (χ0v) is 13.8. The summed E-state index contributed by atoms with van der Waals surface area (Å²) >= 11 is 0. The van der Waals surface area contributed by atoms with E-state index in [0.29, 0.717) is 11.5 Å². The van der Waals surface area contributed by atoms with E-state index in [1.165, 1.54) is 49.1 Å². The van der Waals surface area contributed by atoms with Crippen LogP contribution >= 0.6 is 0 Å². The number of aromatic carboxylic acids is 1. The Morgan fingerprint density at radius 2 is 2.08 bits per heavy atom. The van der Waals surface area contributed by atoms with Crippen molar-refractivity contribution in [3.8, 4) is 5.69 Å². The van der Waals surface area contributed by atoms with E-state index in [1.807, 2.05) is 10.7 Å². The highest BCUT2D eigenvalue weighted by Gasteiger charge is 2.27. The largest absolute Gasteiger partial charge is 0.478 e. The molecule has 0 bridgehead atoms. The van der Waals surface area contributed by atoms with Crippen molar-refractivity contribution in [2.45, 2.75) is 51.0 Å². The highest BCUT2D eigenvalue weighted by atomic mass is 16.4. The van der Waals surface area contributed by atoms with Crippen molar-refractivity contribution in [3.63, 3.8) is 0 Å². The molecule has 1 aliphatic carbocycles. The molecule has 2 N–H and O–H groups in total. The van der Waals surface area contributed by atoms with Crippen LogP contribution < -0.4 is 5.32 Å². The first-order valence-electron chi connectivity index (χ1n) is 8.89. The highest BCUT2D eigenvalue weighted by Crippen LogP contribution is 2.36. The van der Waals surface area contributed by atoms with Gasteiger partial charge in [0.25, 0.3) is 0 Å². The Kier molecular flexibility index (Phi) is 4.10. The number of carboxylic acid groups (broad SMARTS) is 1. The SMILES string of the molecule is O=C(O)c1cccc(-n2nc(C3CCCCC3)c3c2CCNC3)c1. The maximum absolute atomic E-state index is 11.3. The molecular weight excluding hydrogens is 302 g/mol. The topological polar surface area (TPSA) is 67.1 Å². The number of rotatable bonds is 3. The number of aromatic nitrogens is 2. The third-order valence-electron chi connectivity index (χ3n) is 5.29. The molecule has 1 aromatic heterocycles. The molecular formula is C19H23N3O2. The zero-order valence-electron chi connectivity index (χ0n) is 13.8. The molecule has 0 saturated heterocycles. The van der Waals surface area contributed by atoms with Crippen LogP contribution in [0.1, 0.15) is 65.3 Å². The number of carboxylic acids is 1. The van der Waals surface area contributed by atoms with E-state index in [4.69, 9.17) is 5.10 Å². The van der Waals surface area contributed by atoms with E-state index in [9.17, 15) is 9.90 Å². The molecule has 0 unspecified atom stereocenters. The first-order chi connectivity index (χ1) is 11.7. The van der Waals surface area contributed by atoms with Gasteiger partial charge in [-0.25, -0.2) is 9.48 Å². The molecule has 4 rings (SSSR count). The van der Waals surface area contributed by atoms with Gasteiger partial charge in [0.15, 0.2) is 0 Å². The molecule has 1 fully saturated rings. The smallest absolute Gasteiger partial charge is 0.335 e. The molecule has 5 heteroatoms. The van der Waals surface area contributed by atoms with Gasteiger partial charge in [-0.1, -0.05) is 25.3 Å². The summed E-state index contributed by atoms with van der Waals surface area (Å²) in [6.45, 7) is 1.82. The Morgan fingerprint density at radius 3 is 2.88 bits per heavy atom. The Morgan fingerprint density at radius 1 is 1.25 bits per heavy atom. The fourth-order valence-corrected chi connectivity index (χ4v) is 4.06. The summed E-state index contributed by atoms with van der Waals surface area (Å²) in [5.41, 5.74) is 4.99. The van der Waals surface area contributed by atoms with E-state index >= 15 is 0 Å². The van der Waals surface area contributed by atoms with Crippen molar-refractivity contribution < 1.29 is 9.90 Å². The van der Waals surface area contributed by atoms with Gasteiger partial charge in [0, 0.05) is 31.0 Å². The number of benzene rings is 1. The van der Waals surface area contributed by atoms with E-state index in [0.717, 1.165) is 25.2 Å². The lowest BCUT2D eigenvalue weighted by atomic mass is 9.84. The predicted octanol–water partition coefficient (Wildman–Crippen LogP) is 3.26. The molecule has 1 saturated carbocycles. The van der Waals surface area contributed by atoms with Crippen molar-refractivity contribution in [2.75, 3.05) is 6.54 Å². The number of hydrogen-bond donors (Lipinski definition) is 2. The lowest BCUT2D eigenvalue weighted by molar-refractivity contribution is 0.0697. The van der Waals surface area contributed by atoms with Crippen molar-refractivity contribution in [1.29, 1.82) is 0 Å². The molecule has 2 heterocycles. The fourth-order valence-electron chi connectivity index (χ4n) is 4.06. The predicted molar refractivity (Wildman–Crippen MR) is 91.8 cm³/mol. The van der Waals surface area contributed by atoms with E-state index in [1.54, 1.807) is 18.2 Å². The Hall–Kier alpha value is -2.14. The fraction of sp³-hybridized carbons (Fsp3) is 0.474. The third kappa shape index (κ3) is 2.73. The maximum atomic E-state index is 11.3. The molecule has 0 atom stereocenters. The van der Waals surface area contributed by atoms with Crippen LogP contribution in [-0.4, -0.2) is 27.4 Å². The van der Waals surface area contributed by atoms with E-state index in [2.05, 4.69) is 5.32 Å². The second kappa shape index (κ2) is 6.40. The molecule has 0 spiro atoms. The molecule has 5 nitrogen and oxygen atoms in total. The standard InChI is InChI=1S/C19H23N3O2/c23-19(24)14-7-4-8-15(11-14)22-17-9-10-20-12-16(17)18(21-22)13-5-2-1-3-6-13/h4,7-8,11,13,20H,1-3,5-6,9-10,12H2,(H,23,24). The van der Waals surface area contributed by atoms with Crippen molar-refractivity contribution in [1.82, 2.24) is 15.1 Å². The molecule has 0 radical (unpaired) electrons. The summed E-state index contributed by atoms with van der Waals surface area (Å²) in [7, 11) is 0. The lowest BCUT2D eigenvalue weighted by Gasteiger charge is -2.22. The molecule has 1 aliphatic heterocycles. The Labute approximate surface area is 141 Å². The number of nitrogens with one attached hydrogen (secondary N) is 1. The molecule has 0 amide bonds. The number of carbonyl (C=O) groups is 1. The summed E-state index contributed by atoms with van der Waals surface area (Å²) < 4.78 is 1.99. The van der Waals surface area contributed by atoms with Crippen LogP contribution in [-0.2, 0) is 13.0 Å². The summed E-state index contributed by atoms with van der Waals surface area (Å²) in [5, 5.41) is 17.7. The van der Waals surface area contributed by atoms with Gasteiger partial charge in [0.1, 0.15) is 0 Å². The number of hydrogen-bond acceptors (Lipinski definition) is 3. The van der Waals surface area contributed by atoms with Crippen molar-refractivity contribution in [3.05, 3.63) is 46.8 Å². The first kappa shape index (κ1) is 15.4. The van der Waals surface area contributed by atoms with Gasteiger partial charge in [-0.05, 0) is 31.0 Å². The lowest BCUT2D eigenvalue weighted by Crippen LogP contribution is -2.25. The number of nitrogens with zero attached hydrogens (tertiary/aromatic N) is 2. The van der Waals surface area contributed by atoms with Crippen LogP contribution in [0.3, 0.4) is 0 Å². The summed E-state index contributed by atoms with van der Waals surface area (Å²) in [6.07, 6.45) is 7.28. The maximum Gasteiger partial charge on any atom is 0.335 e. The summed E-state index contributed by atoms with van der Waals surface area (Å²) in [6, 6.07) is 7.11. The first-order valence-corrected chi connectivity index (χ1v) is 8.89. The quantitative estimate of drug-likeness (QED) is 0.909. The van der Waals surface area contributed by atoms with Gasteiger partial charge in [-0.15, -0.1) is 0 Å². The van der Waals surface area contributed by atoms with Crippen molar-refractivity contribution >= 4 is 5.97 Å². The minimum atomic E-state index is -0.896. The summed E-state index contributed by atoms with van der Waals surface area (Å²) in [4.78, 5) is 11.3. The van der Waals surface area contributed by atoms with Crippen molar-refractivity contribution in [2.24, 2.45) is 0 Å². The number of fused-ring (bicyclic) bond motifs is 1. The van der Waals surface area contributed by atoms with Gasteiger partial charge in [-0.2, -0.15) is 5.10 Å². The zero-order chi connectivity index (χ0) is 16.5. The molecule has 126 valence electrons. The summed E-state index contributed by atoms with van der Waals surface area (Å²) in [5.74, 6) is -0.344. The van der Waals surface area contributed by atoms with Crippen LogP contribution in [0.15, 0.2) is 24.3 Å². The van der Waals surface area contributed by atoms with Crippen LogP contribution in [0.4, 0.5) is 0 Å². The Bertz CT molecular complexity index is 760. The molecule has 24 heavy (non-hydrogen) atoms. The molecule has 1 aromatic carbocycles. The van der Waals surface area contributed by atoms with Gasteiger partial charge < -0.3 is 10.4 Å². The van der Waals surface area contributed by atoms with Crippen LogP contribution in [0, 0.1) is 0 Å². The highest BCUT2D eigenvalue weighted by molar-refractivity contribution is 5.88. The third-order valence-corrected chi connectivity index (χ3v) is 5.29. The van der Waals surface area contributed by atoms with E-state index < -0.39 is 5.97 Å². The van der Waals surface area contributed by atoms with Gasteiger partial charge in [-0.3, -0.25) is 0 Å². The second-order valence-electron chi connectivity index (χ2n) is 6.84. The van der Waals surface area contributed by atoms with E-state index in [-0.39, 0.29) is 0 Å². The Balaban J connectivity index is 1.79. The minimum Gasteiger partial charge on any atom is -0.478 e. The molecule has 2 aromatic rings. The van der Waals surface area contributed by atoms with Gasteiger partial charge >= 0.3 is 5.97 Å². The molecule has 2 aliphatic rings. The van der Waals surface area contributed by atoms with Crippen LogP contribution in [0.25, 0.3) is 5.69 Å². The van der Waals surface area contributed by atoms with Gasteiger partial charge in [0.05, 0.1) is 22.6 Å². The van der Waals surface area contributed by atoms with Gasteiger partial charge in [0.2, 0.25) is 0 Å². The average molecular weight is 325 g/mol.